The number of halogens is 1. The van der Waals surface area contributed by atoms with Gasteiger partial charge in [0.15, 0.2) is 0 Å². The summed E-state index contributed by atoms with van der Waals surface area (Å²) in [4.78, 5) is 23.8. The summed E-state index contributed by atoms with van der Waals surface area (Å²) in [5.41, 5.74) is 0.441. The highest BCUT2D eigenvalue weighted by Gasteiger charge is 2.12. The summed E-state index contributed by atoms with van der Waals surface area (Å²) in [7, 11) is 1.26. The van der Waals surface area contributed by atoms with Gasteiger partial charge >= 0.3 is 6.09 Å². The van der Waals surface area contributed by atoms with Crippen molar-refractivity contribution in [2.75, 3.05) is 20.2 Å². The Balaban J connectivity index is 2.56. The molecule has 0 spiro atoms. The van der Waals surface area contributed by atoms with Crippen molar-refractivity contribution in [3.63, 3.8) is 0 Å². The van der Waals surface area contributed by atoms with Crippen LogP contribution in [0.3, 0.4) is 0 Å². The molecule has 5 nitrogen and oxygen atoms in total. The van der Waals surface area contributed by atoms with Crippen molar-refractivity contribution in [3.05, 3.63) is 35.6 Å². The number of carbonyl (C=O) groups is 2. The first-order valence-corrected chi connectivity index (χ1v) is 5.85. The van der Waals surface area contributed by atoms with E-state index in [1.54, 1.807) is 18.2 Å². The minimum atomic E-state index is -0.561. The number of alkyl carbamates (subject to hydrolysis) is 1. The Morgan fingerprint density at radius 1 is 1.37 bits per heavy atom. The van der Waals surface area contributed by atoms with Crippen LogP contribution in [0.4, 0.5) is 9.18 Å². The Morgan fingerprint density at radius 3 is 2.63 bits per heavy atom. The molecule has 0 fully saturated rings. The van der Waals surface area contributed by atoms with Crippen LogP contribution in [0.25, 0.3) is 0 Å². The van der Waals surface area contributed by atoms with Gasteiger partial charge in [-0.25, -0.2) is 9.18 Å². The molecule has 19 heavy (non-hydrogen) atoms. The second-order valence-electron chi connectivity index (χ2n) is 3.95. The number of benzene rings is 1. The van der Waals surface area contributed by atoms with Gasteiger partial charge in [0.2, 0.25) is 5.91 Å². The maximum absolute atomic E-state index is 13.5. The van der Waals surface area contributed by atoms with Crippen molar-refractivity contribution in [2.45, 2.75) is 13.5 Å². The van der Waals surface area contributed by atoms with Gasteiger partial charge in [-0.15, -0.1) is 0 Å². The fraction of sp³-hybridized carbons (Fsp3) is 0.385. The molecule has 6 heteroatoms. The highest BCUT2D eigenvalue weighted by atomic mass is 19.1. The predicted octanol–water partition coefficient (Wildman–Crippen LogP) is 1.53. The second-order valence-corrected chi connectivity index (χ2v) is 3.95. The van der Waals surface area contributed by atoms with Crippen molar-refractivity contribution >= 4 is 12.0 Å². The van der Waals surface area contributed by atoms with Crippen LogP contribution in [-0.4, -0.2) is 37.1 Å². The van der Waals surface area contributed by atoms with Gasteiger partial charge in [0.25, 0.3) is 0 Å². The number of amides is 2. The number of nitrogens with one attached hydrogen (secondary N) is 1. The lowest BCUT2D eigenvalue weighted by Gasteiger charge is -2.21. The standard InChI is InChI=1S/C13H17FN2O3/c1-10(17)16(8-7-15-13(18)19-2)9-11-5-3-4-6-12(11)14/h3-6H,7-9H2,1-2H3,(H,15,18). The first-order valence-electron chi connectivity index (χ1n) is 5.85. The minimum absolute atomic E-state index is 0.171. The maximum Gasteiger partial charge on any atom is 0.406 e. The van der Waals surface area contributed by atoms with E-state index in [2.05, 4.69) is 10.1 Å². The van der Waals surface area contributed by atoms with Crippen molar-refractivity contribution in [1.82, 2.24) is 10.2 Å². The van der Waals surface area contributed by atoms with E-state index in [1.807, 2.05) is 0 Å². The fourth-order valence-electron chi connectivity index (χ4n) is 1.55. The Bertz CT molecular complexity index is 451. The molecule has 1 rings (SSSR count). The summed E-state index contributed by atoms with van der Waals surface area (Å²) < 4.78 is 17.9. The molecule has 0 aromatic heterocycles. The van der Waals surface area contributed by atoms with Crippen molar-refractivity contribution in [2.24, 2.45) is 0 Å². The number of nitrogens with zero attached hydrogens (tertiary/aromatic N) is 1. The van der Waals surface area contributed by atoms with E-state index < -0.39 is 6.09 Å². The van der Waals surface area contributed by atoms with E-state index in [1.165, 1.54) is 25.0 Å². The van der Waals surface area contributed by atoms with Gasteiger partial charge in [-0.3, -0.25) is 4.79 Å². The van der Waals surface area contributed by atoms with Gasteiger partial charge in [-0.2, -0.15) is 0 Å². The number of hydrogen-bond donors (Lipinski definition) is 1. The molecule has 1 N–H and O–H groups in total. The summed E-state index contributed by atoms with van der Waals surface area (Å²) in [5, 5.41) is 2.47. The van der Waals surface area contributed by atoms with Gasteiger partial charge < -0.3 is 15.0 Å². The molecule has 0 saturated heterocycles. The third kappa shape index (κ3) is 4.95. The molecule has 0 atom stereocenters. The maximum atomic E-state index is 13.5. The van der Waals surface area contributed by atoms with Crippen LogP contribution in [0.1, 0.15) is 12.5 Å². The monoisotopic (exact) mass is 268 g/mol. The Morgan fingerprint density at radius 2 is 2.05 bits per heavy atom. The predicted molar refractivity (Wildman–Crippen MR) is 67.9 cm³/mol. The first-order chi connectivity index (χ1) is 9.04. The summed E-state index contributed by atoms with van der Waals surface area (Å²) in [5.74, 6) is -0.537. The van der Waals surface area contributed by atoms with Crippen LogP contribution >= 0.6 is 0 Å². The molecular formula is C13H17FN2O3. The molecule has 0 heterocycles. The van der Waals surface area contributed by atoms with Gasteiger partial charge in [0, 0.05) is 32.1 Å². The van der Waals surface area contributed by atoms with E-state index in [0.717, 1.165) is 0 Å². The lowest BCUT2D eigenvalue weighted by Crippen LogP contribution is -2.37. The smallest absolute Gasteiger partial charge is 0.406 e. The van der Waals surface area contributed by atoms with Crippen LogP contribution in [0, 0.1) is 5.82 Å². The lowest BCUT2D eigenvalue weighted by atomic mass is 10.2. The molecular weight excluding hydrogens is 251 g/mol. The molecule has 0 aliphatic carbocycles. The van der Waals surface area contributed by atoms with Gasteiger partial charge in [-0.1, -0.05) is 18.2 Å². The van der Waals surface area contributed by atoms with Crippen LogP contribution in [0.2, 0.25) is 0 Å². The van der Waals surface area contributed by atoms with Gasteiger partial charge in [0.05, 0.1) is 7.11 Å². The molecule has 0 unspecified atom stereocenters. The van der Waals surface area contributed by atoms with E-state index in [4.69, 9.17) is 0 Å². The SMILES string of the molecule is COC(=O)NCCN(Cc1ccccc1F)C(C)=O. The largest absolute Gasteiger partial charge is 0.453 e. The molecule has 0 radical (unpaired) electrons. The molecule has 1 aromatic carbocycles. The van der Waals surface area contributed by atoms with E-state index in [-0.39, 0.29) is 24.8 Å². The van der Waals surface area contributed by atoms with Crippen LogP contribution < -0.4 is 5.32 Å². The summed E-state index contributed by atoms with van der Waals surface area (Å²) in [6.45, 7) is 2.11. The van der Waals surface area contributed by atoms with Gasteiger partial charge in [-0.05, 0) is 6.07 Å². The lowest BCUT2D eigenvalue weighted by molar-refractivity contribution is -0.129. The average molecular weight is 268 g/mol. The fourth-order valence-corrected chi connectivity index (χ4v) is 1.55. The molecule has 1 aromatic rings. The normalized spacial score (nSPS) is 9.84. The third-order valence-corrected chi connectivity index (χ3v) is 2.60. The zero-order valence-electron chi connectivity index (χ0n) is 11.0. The molecule has 0 aliphatic rings. The molecule has 0 saturated carbocycles. The highest BCUT2D eigenvalue weighted by molar-refractivity contribution is 5.73. The third-order valence-electron chi connectivity index (χ3n) is 2.60. The Kier molecular flexibility index (Phi) is 5.78. The zero-order chi connectivity index (χ0) is 14.3. The topological polar surface area (TPSA) is 58.6 Å². The number of ether oxygens (including phenoxy) is 1. The Hall–Kier alpha value is -2.11. The van der Waals surface area contributed by atoms with Crippen LogP contribution in [0.5, 0.6) is 0 Å². The zero-order valence-corrected chi connectivity index (χ0v) is 11.0. The van der Waals surface area contributed by atoms with E-state index >= 15 is 0 Å². The summed E-state index contributed by atoms with van der Waals surface area (Å²) in [6.07, 6.45) is -0.561. The van der Waals surface area contributed by atoms with Crippen molar-refractivity contribution in [1.29, 1.82) is 0 Å². The molecule has 0 bridgehead atoms. The van der Waals surface area contributed by atoms with Crippen LogP contribution in [0.15, 0.2) is 24.3 Å². The van der Waals surface area contributed by atoms with E-state index in [0.29, 0.717) is 12.1 Å². The second kappa shape index (κ2) is 7.35. The van der Waals surface area contributed by atoms with Crippen molar-refractivity contribution in [3.8, 4) is 0 Å². The number of rotatable bonds is 5. The minimum Gasteiger partial charge on any atom is -0.453 e. The molecule has 0 aliphatic heterocycles. The van der Waals surface area contributed by atoms with Crippen molar-refractivity contribution < 1.29 is 18.7 Å². The summed E-state index contributed by atoms with van der Waals surface area (Å²) >= 11 is 0. The number of methoxy groups -OCH3 is 1. The first kappa shape index (κ1) is 14.9. The summed E-state index contributed by atoms with van der Waals surface area (Å²) in [6, 6.07) is 6.28. The Labute approximate surface area is 111 Å². The van der Waals surface area contributed by atoms with Crippen LogP contribution in [-0.2, 0) is 16.1 Å². The quantitative estimate of drug-likeness (QED) is 0.881. The van der Waals surface area contributed by atoms with E-state index in [9.17, 15) is 14.0 Å². The number of hydrogen-bond acceptors (Lipinski definition) is 3. The molecule has 104 valence electrons. The van der Waals surface area contributed by atoms with Gasteiger partial charge in [0.1, 0.15) is 5.82 Å². The number of carbonyl (C=O) groups excluding carboxylic acids is 2. The molecule has 2 amide bonds. The average Bonchev–Trinajstić information content (AvgIpc) is 2.39. The highest BCUT2D eigenvalue weighted by Crippen LogP contribution is 2.09.